The molecule has 0 unspecified atom stereocenters. The zero-order valence-corrected chi connectivity index (χ0v) is 10.7. The molecule has 0 aromatic carbocycles. The van der Waals surface area contributed by atoms with E-state index in [1.54, 1.807) is 11.1 Å². The first-order chi connectivity index (χ1) is 9.11. The number of aliphatic hydroxyl groups is 3. The third-order valence-corrected chi connectivity index (χ3v) is 4.22. The SMILES string of the molecule is Nc1ncc2c(n1)N([C@H]1O[C@@H](CO)[C@H](O)[C@@H]1O)CS2. The molecule has 2 aliphatic rings. The van der Waals surface area contributed by atoms with E-state index in [1.807, 2.05) is 0 Å². The van der Waals surface area contributed by atoms with Crippen LogP contribution in [0.15, 0.2) is 11.1 Å². The molecular formula is C10H14N4O4S. The number of rotatable bonds is 2. The maximum atomic E-state index is 10.0. The Hall–Kier alpha value is -1.13. The fourth-order valence-corrected chi connectivity index (χ4v) is 3.18. The largest absolute Gasteiger partial charge is 0.394 e. The highest BCUT2D eigenvalue weighted by atomic mass is 32.2. The minimum atomic E-state index is -1.12. The quantitative estimate of drug-likeness (QED) is 0.507. The van der Waals surface area contributed by atoms with E-state index in [4.69, 9.17) is 15.6 Å². The van der Waals surface area contributed by atoms with Gasteiger partial charge in [0.2, 0.25) is 5.95 Å². The topological polar surface area (TPSA) is 125 Å². The molecule has 0 aliphatic carbocycles. The second-order valence-electron chi connectivity index (χ2n) is 4.39. The highest BCUT2D eigenvalue weighted by molar-refractivity contribution is 7.99. The van der Waals surface area contributed by atoms with Gasteiger partial charge in [0.15, 0.2) is 12.0 Å². The average Bonchev–Trinajstić information content (AvgIpc) is 2.92. The Kier molecular flexibility index (Phi) is 3.23. The van der Waals surface area contributed by atoms with E-state index < -0.39 is 24.5 Å². The molecule has 1 aromatic heterocycles. The highest BCUT2D eigenvalue weighted by Crippen LogP contribution is 2.40. The molecule has 0 spiro atoms. The van der Waals surface area contributed by atoms with E-state index in [0.717, 1.165) is 4.90 Å². The predicted octanol–water partition coefficient (Wildman–Crippen LogP) is -1.63. The molecule has 8 nitrogen and oxygen atoms in total. The number of thioether (sulfide) groups is 1. The van der Waals surface area contributed by atoms with Crippen molar-refractivity contribution in [3.8, 4) is 0 Å². The van der Waals surface area contributed by atoms with Crippen LogP contribution in [0.1, 0.15) is 0 Å². The van der Waals surface area contributed by atoms with Gasteiger partial charge in [0.1, 0.15) is 18.3 Å². The Morgan fingerprint density at radius 3 is 2.95 bits per heavy atom. The molecule has 0 saturated carbocycles. The summed E-state index contributed by atoms with van der Waals surface area (Å²) in [5.41, 5.74) is 5.56. The summed E-state index contributed by atoms with van der Waals surface area (Å²) >= 11 is 1.49. The first-order valence-corrected chi connectivity index (χ1v) is 6.75. The third-order valence-electron chi connectivity index (χ3n) is 3.21. The van der Waals surface area contributed by atoms with Crippen molar-refractivity contribution >= 4 is 23.5 Å². The molecule has 104 valence electrons. The Morgan fingerprint density at radius 1 is 1.47 bits per heavy atom. The van der Waals surface area contributed by atoms with Crippen LogP contribution in [0.3, 0.4) is 0 Å². The van der Waals surface area contributed by atoms with Gasteiger partial charge in [-0.15, -0.1) is 0 Å². The zero-order valence-electron chi connectivity index (χ0n) is 9.88. The maximum absolute atomic E-state index is 10.0. The first kappa shape index (κ1) is 12.9. The Labute approximate surface area is 113 Å². The minimum absolute atomic E-state index is 0.137. The number of nitrogens with two attached hydrogens (primary N) is 1. The van der Waals surface area contributed by atoms with E-state index in [9.17, 15) is 10.2 Å². The van der Waals surface area contributed by atoms with Gasteiger partial charge in [-0.3, -0.25) is 0 Å². The van der Waals surface area contributed by atoms with E-state index in [1.165, 1.54) is 11.8 Å². The second-order valence-corrected chi connectivity index (χ2v) is 5.37. The lowest BCUT2D eigenvalue weighted by Crippen LogP contribution is -2.43. The summed E-state index contributed by atoms with van der Waals surface area (Å²) in [6.45, 7) is -0.353. The van der Waals surface area contributed by atoms with Crippen LogP contribution in [0.25, 0.3) is 0 Å². The van der Waals surface area contributed by atoms with Gasteiger partial charge in [-0.05, 0) is 0 Å². The number of ether oxygens (including phenoxy) is 1. The van der Waals surface area contributed by atoms with Crippen molar-refractivity contribution < 1.29 is 20.1 Å². The molecule has 4 atom stereocenters. The van der Waals surface area contributed by atoms with Crippen LogP contribution in [0.2, 0.25) is 0 Å². The Bertz CT molecular complexity index is 491. The predicted molar refractivity (Wildman–Crippen MR) is 67.4 cm³/mol. The van der Waals surface area contributed by atoms with Crippen LogP contribution in [0.4, 0.5) is 11.8 Å². The molecule has 1 aromatic rings. The normalized spacial score (nSPS) is 33.7. The van der Waals surface area contributed by atoms with Crippen LogP contribution >= 0.6 is 11.8 Å². The monoisotopic (exact) mass is 286 g/mol. The Balaban J connectivity index is 1.88. The standard InChI is InChI=1S/C10H14N4O4S/c11-10-12-1-5-8(13-10)14(3-19-5)9-7(17)6(16)4(2-15)18-9/h1,4,6-7,9,15-17H,2-3H2,(H2,11,12,13)/t4-,6-,7-,9-/m0/s1. The van der Waals surface area contributed by atoms with Gasteiger partial charge >= 0.3 is 0 Å². The van der Waals surface area contributed by atoms with Crippen molar-refractivity contribution in [1.29, 1.82) is 0 Å². The number of anilines is 2. The van der Waals surface area contributed by atoms with Crippen molar-refractivity contribution in [2.45, 2.75) is 29.4 Å². The Morgan fingerprint density at radius 2 is 2.26 bits per heavy atom. The summed E-state index contributed by atoms with van der Waals surface area (Å²) in [7, 11) is 0. The average molecular weight is 286 g/mol. The molecule has 1 fully saturated rings. The lowest BCUT2D eigenvalue weighted by atomic mass is 10.1. The first-order valence-electron chi connectivity index (χ1n) is 5.76. The van der Waals surface area contributed by atoms with E-state index >= 15 is 0 Å². The van der Waals surface area contributed by atoms with Crippen molar-refractivity contribution in [2.24, 2.45) is 0 Å². The molecule has 0 radical (unpaired) electrons. The summed E-state index contributed by atoms with van der Waals surface area (Å²) in [4.78, 5) is 10.6. The summed E-state index contributed by atoms with van der Waals surface area (Å²) in [5.74, 6) is 1.23. The fraction of sp³-hybridized carbons (Fsp3) is 0.600. The lowest BCUT2D eigenvalue weighted by Gasteiger charge is -2.26. The molecule has 2 aliphatic heterocycles. The molecule has 3 rings (SSSR count). The minimum Gasteiger partial charge on any atom is -0.394 e. The van der Waals surface area contributed by atoms with Crippen LogP contribution in [0.5, 0.6) is 0 Å². The van der Waals surface area contributed by atoms with Crippen molar-refractivity contribution in [1.82, 2.24) is 9.97 Å². The molecular weight excluding hydrogens is 272 g/mol. The van der Waals surface area contributed by atoms with Crippen LogP contribution in [0, 0.1) is 0 Å². The van der Waals surface area contributed by atoms with Gasteiger partial charge in [0.05, 0.1) is 17.4 Å². The molecule has 3 heterocycles. The number of aromatic nitrogens is 2. The lowest BCUT2D eigenvalue weighted by molar-refractivity contribution is -0.0216. The summed E-state index contributed by atoms with van der Waals surface area (Å²) in [6.07, 6.45) is -2.17. The van der Waals surface area contributed by atoms with E-state index in [0.29, 0.717) is 11.7 Å². The number of hydrogen-bond acceptors (Lipinski definition) is 9. The molecule has 9 heteroatoms. The number of aliphatic hydroxyl groups excluding tert-OH is 3. The third kappa shape index (κ3) is 2.03. The highest BCUT2D eigenvalue weighted by Gasteiger charge is 2.47. The summed E-state index contributed by atoms with van der Waals surface area (Å²) in [5, 5.41) is 28.9. The molecule has 1 saturated heterocycles. The van der Waals surface area contributed by atoms with Crippen LogP contribution in [-0.2, 0) is 4.74 Å². The molecule has 19 heavy (non-hydrogen) atoms. The zero-order chi connectivity index (χ0) is 13.6. The number of nitrogen functional groups attached to an aromatic ring is 1. The number of fused-ring (bicyclic) bond motifs is 1. The van der Waals surface area contributed by atoms with Crippen molar-refractivity contribution in [3.05, 3.63) is 6.20 Å². The van der Waals surface area contributed by atoms with Crippen molar-refractivity contribution in [3.63, 3.8) is 0 Å². The van der Waals surface area contributed by atoms with Gasteiger partial charge in [0, 0.05) is 6.20 Å². The second kappa shape index (κ2) is 4.76. The smallest absolute Gasteiger partial charge is 0.222 e. The van der Waals surface area contributed by atoms with Gasteiger partial charge < -0.3 is 30.7 Å². The maximum Gasteiger partial charge on any atom is 0.222 e. The molecule has 0 amide bonds. The summed E-state index contributed by atoms with van der Waals surface area (Å²) < 4.78 is 5.48. The molecule has 5 N–H and O–H groups in total. The molecule has 0 bridgehead atoms. The van der Waals surface area contributed by atoms with Crippen LogP contribution < -0.4 is 10.6 Å². The van der Waals surface area contributed by atoms with Crippen molar-refractivity contribution in [2.75, 3.05) is 23.1 Å². The van der Waals surface area contributed by atoms with Gasteiger partial charge in [-0.1, -0.05) is 11.8 Å². The van der Waals surface area contributed by atoms with E-state index in [-0.39, 0.29) is 12.6 Å². The summed E-state index contributed by atoms with van der Waals surface area (Å²) in [6, 6.07) is 0. The number of hydrogen-bond donors (Lipinski definition) is 4. The van der Waals surface area contributed by atoms with Gasteiger partial charge in [-0.2, -0.15) is 4.98 Å². The number of nitrogens with zero attached hydrogens (tertiary/aromatic N) is 3. The van der Waals surface area contributed by atoms with Crippen LogP contribution in [-0.4, -0.2) is 62.3 Å². The van der Waals surface area contributed by atoms with E-state index in [2.05, 4.69) is 9.97 Å². The van der Waals surface area contributed by atoms with Gasteiger partial charge in [0.25, 0.3) is 0 Å². The van der Waals surface area contributed by atoms with Gasteiger partial charge in [-0.25, -0.2) is 4.98 Å². The fourth-order valence-electron chi connectivity index (χ4n) is 2.21.